The van der Waals surface area contributed by atoms with E-state index in [1.807, 2.05) is 6.92 Å². The fourth-order valence-electron chi connectivity index (χ4n) is 2.13. The van der Waals surface area contributed by atoms with Crippen LogP contribution in [0, 0.1) is 5.92 Å². The minimum Gasteiger partial charge on any atom is -0.493 e. The topological polar surface area (TPSA) is 47.6 Å². The number of benzene rings is 1. The van der Waals surface area contributed by atoms with Crippen LogP contribution in [0.25, 0.3) is 0 Å². The summed E-state index contributed by atoms with van der Waals surface area (Å²) in [4.78, 5) is 12.2. The standard InChI is InChI=1S/C15H23NO3/c1-10(2)9-11(3)16-15(17)12-7-6-8-13(18-4)14(12)19-5/h6-8,10-11H,9H2,1-5H3,(H,16,17)/t11-/m0/s1. The number of ether oxygens (including phenoxy) is 2. The number of rotatable bonds is 6. The molecule has 0 aromatic heterocycles. The number of hydrogen-bond acceptors (Lipinski definition) is 3. The molecule has 0 aliphatic heterocycles. The first-order valence-corrected chi connectivity index (χ1v) is 6.51. The summed E-state index contributed by atoms with van der Waals surface area (Å²) in [6.45, 7) is 6.27. The average Bonchev–Trinajstić information content (AvgIpc) is 2.36. The van der Waals surface area contributed by atoms with Crippen molar-refractivity contribution in [3.05, 3.63) is 23.8 Å². The Balaban J connectivity index is 2.87. The monoisotopic (exact) mass is 265 g/mol. The molecule has 0 aliphatic rings. The van der Waals surface area contributed by atoms with Crippen molar-refractivity contribution in [1.82, 2.24) is 5.32 Å². The number of hydrogen-bond donors (Lipinski definition) is 1. The Labute approximate surface area is 115 Å². The molecule has 1 amide bonds. The molecule has 0 saturated carbocycles. The van der Waals surface area contributed by atoms with E-state index in [0.29, 0.717) is 23.0 Å². The van der Waals surface area contributed by atoms with Crippen LogP contribution >= 0.6 is 0 Å². The van der Waals surface area contributed by atoms with Gasteiger partial charge in [0, 0.05) is 6.04 Å². The lowest BCUT2D eigenvalue weighted by molar-refractivity contribution is 0.0932. The molecule has 0 heterocycles. The number of para-hydroxylation sites is 1. The molecule has 4 heteroatoms. The summed E-state index contributed by atoms with van der Waals surface area (Å²) >= 11 is 0. The maximum Gasteiger partial charge on any atom is 0.255 e. The second-order valence-electron chi connectivity index (χ2n) is 5.05. The molecule has 0 unspecified atom stereocenters. The van der Waals surface area contributed by atoms with Gasteiger partial charge in [0.2, 0.25) is 0 Å². The first kappa shape index (κ1) is 15.3. The minimum atomic E-state index is -0.135. The number of carbonyl (C=O) groups is 1. The molecule has 0 saturated heterocycles. The van der Waals surface area contributed by atoms with Gasteiger partial charge in [0.1, 0.15) is 0 Å². The summed E-state index contributed by atoms with van der Waals surface area (Å²) in [6.07, 6.45) is 0.942. The van der Waals surface area contributed by atoms with Crippen molar-refractivity contribution in [1.29, 1.82) is 0 Å². The number of methoxy groups -OCH3 is 2. The highest BCUT2D eigenvalue weighted by Crippen LogP contribution is 2.30. The summed E-state index contributed by atoms with van der Waals surface area (Å²) in [7, 11) is 3.09. The lowest BCUT2D eigenvalue weighted by atomic mass is 10.0. The van der Waals surface area contributed by atoms with Crippen molar-refractivity contribution >= 4 is 5.91 Å². The maximum absolute atomic E-state index is 12.2. The molecule has 0 spiro atoms. The zero-order valence-corrected chi connectivity index (χ0v) is 12.3. The molecule has 4 nitrogen and oxygen atoms in total. The molecule has 106 valence electrons. The van der Waals surface area contributed by atoms with E-state index in [-0.39, 0.29) is 11.9 Å². The van der Waals surface area contributed by atoms with Gasteiger partial charge in [-0.05, 0) is 31.4 Å². The lowest BCUT2D eigenvalue weighted by Crippen LogP contribution is -2.33. The largest absolute Gasteiger partial charge is 0.493 e. The van der Waals surface area contributed by atoms with Crippen LogP contribution in [-0.4, -0.2) is 26.2 Å². The van der Waals surface area contributed by atoms with Crippen LogP contribution in [0.4, 0.5) is 0 Å². The summed E-state index contributed by atoms with van der Waals surface area (Å²) in [5, 5.41) is 2.98. The SMILES string of the molecule is COc1cccc(C(=O)N[C@@H](C)CC(C)C)c1OC. The molecule has 0 aliphatic carbocycles. The van der Waals surface area contributed by atoms with Crippen LogP contribution < -0.4 is 14.8 Å². The Morgan fingerprint density at radius 1 is 1.21 bits per heavy atom. The summed E-state index contributed by atoms with van der Waals surface area (Å²) < 4.78 is 10.5. The number of amides is 1. The van der Waals surface area contributed by atoms with Crippen molar-refractivity contribution in [2.75, 3.05) is 14.2 Å². The third-order valence-electron chi connectivity index (χ3n) is 2.85. The van der Waals surface area contributed by atoms with E-state index < -0.39 is 0 Å². The predicted octanol–water partition coefficient (Wildman–Crippen LogP) is 2.87. The molecule has 0 bridgehead atoms. The third kappa shape index (κ3) is 4.16. The first-order valence-electron chi connectivity index (χ1n) is 6.51. The van der Waals surface area contributed by atoms with Crippen LogP contribution in [0.5, 0.6) is 11.5 Å². The highest BCUT2D eigenvalue weighted by molar-refractivity contribution is 5.97. The maximum atomic E-state index is 12.2. The van der Waals surface area contributed by atoms with E-state index in [0.717, 1.165) is 6.42 Å². The van der Waals surface area contributed by atoms with E-state index in [1.54, 1.807) is 25.3 Å². The van der Waals surface area contributed by atoms with Crippen molar-refractivity contribution in [2.24, 2.45) is 5.92 Å². The van der Waals surface area contributed by atoms with E-state index in [4.69, 9.17) is 9.47 Å². The Kier molecular flexibility index (Phi) is 5.67. The Morgan fingerprint density at radius 2 is 1.89 bits per heavy atom. The van der Waals surface area contributed by atoms with Gasteiger partial charge in [-0.25, -0.2) is 0 Å². The van der Waals surface area contributed by atoms with Gasteiger partial charge in [0.15, 0.2) is 11.5 Å². The Hall–Kier alpha value is -1.71. The lowest BCUT2D eigenvalue weighted by Gasteiger charge is -2.17. The average molecular weight is 265 g/mol. The van der Waals surface area contributed by atoms with Gasteiger partial charge in [0.25, 0.3) is 5.91 Å². The Bertz CT molecular complexity index is 429. The zero-order chi connectivity index (χ0) is 14.4. The van der Waals surface area contributed by atoms with E-state index in [2.05, 4.69) is 19.2 Å². The minimum absolute atomic E-state index is 0.128. The highest BCUT2D eigenvalue weighted by Gasteiger charge is 2.18. The molecule has 19 heavy (non-hydrogen) atoms. The molecule has 1 atom stereocenters. The summed E-state index contributed by atoms with van der Waals surface area (Å²) in [5.41, 5.74) is 0.498. The van der Waals surface area contributed by atoms with Crippen molar-refractivity contribution in [3.8, 4) is 11.5 Å². The predicted molar refractivity (Wildman–Crippen MR) is 75.9 cm³/mol. The van der Waals surface area contributed by atoms with Gasteiger partial charge in [0.05, 0.1) is 19.8 Å². The zero-order valence-electron chi connectivity index (χ0n) is 12.3. The van der Waals surface area contributed by atoms with Crippen LogP contribution in [0.15, 0.2) is 18.2 Å². The molecule has 0 radical (unpaired) electrons. The van der Waals surface area contributed by atoms with Gasteiger partial charge in [-0.1, -0.05) is 19.9 Å². The second-order valence-corrected chi connectivity index (χ2v) is 5.05. The second kappa shape index (κ2) is 7.02. The van der Waals surface area contributed by atoms with Crippen molar-refractivity contribution < 1.29 is 14.3 Å². The fourth-order valence-corrected chi connectivity index (χ4v) is 2.13. The molecular weight excluding hydrogens is 242 g/mol. The fraction of sp³-hybridized carbons (Fsp3) is 0.533. The van der Waals surface area contributed by atoms with Crippen molar-refractivity contribution in [2.45, 2.75) is 33.2 Å². The molecule has 0 fully saturated rings. The van der Waals surface area contributed by atoms with Crippen LogP contribution in [0.3, 0.4) is 0 Å². The van der Waals surface area contributed by atoms with E-state index >= 15 is 0 Å². The smallest absolute Gasteiger partial charge is 0.255 e. The van der Waals surface area contributed by atoms with Gasteiger partial charge >= 0.3 is 0 Å². The highest BCUT2D eigenvalue weighted by atomic mass is 16.5. The third-order valence-corrected chi connectivity index (χ3v) is 2.85. The molecule has 1 N–H and O–H groups in total. The van der Waals surface area contributed by atoms with E-state index in [9.17, 15) is 4.79 Å². The van der Waals surface area contributed by atoms with E-state index in [1.165, 1.54) is 7.11 Å². The van der Waals surface area contributed by atoms with Crippen molar-refractivity contribution in [3.63, 3.8) is 0 Å². The van der Waals surface area contributed by atoms with Crippen LogP contribution in [0.1, 0.15) is 37.6 Å². The molecular formula is C15H23NO3. The van der Waals surface area contributed by atoms with Crippen LogP contribution in [0.2, 0.25) is 0 Å². The summed E-state index contributed by atoms with van der Waals surface area (Å²) in [6, 6.07) is 5.42. The number of nitrogens with one attached hydrogen (secondary N) is 1. The van der Waals surface area contributed by atoms with Crippen LogP contribution in [-0.2, 0) is 0 Å². The first-order chi connectivity index (χ1) is 8.99. The summed E-state index contributed by atoms with van der Waals surface area (Å²) in [5.74, 6) is 1.44. The normalized spacial score (nSPS) is 12.1. The quantitative estimate of drug-likeness (QED) is 0.860. The molecule has 1 aromatic rings. The molecule has 1 aromatic carbocycles. The van der Waals surface area contributed by atoms with Gasteiger partial charge in [-0.2, -0.15) is 0 Å². The van der Waals surface area contributed by atoms with Gasteiger partial charge in [-0.3, -0.25) is 4.79 Å². The van der Waals surface area contributed by atoms with Gasteiger partial charge in [-0.15, -0.1) is 0 Å². The molecule has 1 rings (SSSR count). The Morgan fingerprint density at radius 3 is 2.42 bits per heavy atom. The number of carbonyl (C=O) groups excluding carboxylic acids is 1. The van der Waals surface area contributed by atoms with Gasteiger partial charge < -0.3 is 14.8 Å².